The lowest BCUT2D eigenvalue weighted by Gasteiger charge is -2.35. The molecule has 1 fully saturated rings. The summed E-state index contributed by atoms with van der Waals surface area (Å²) in [6, 6.07) is 17.1. The fourth-order valence-corrected chi connectivity index (χ4v) is 3.40. The van der Waals surface area contributed by atoms with Gasteiger partial charge >= 0.3 is 0 Å². The molecule has 0 atom stereocenters. The quantitative estimate of drug-likeness (QED) is 0.656. The molecule has 4 rings (SSSR count). The van der Waals surface area contributed by atoms with E-state index in [0.29, 0.717) is 29.6 Å². The Kier molecular flexibility index (Phi) is 4.86. The van der Waals surface area contributed by atoms with Crippen LogP contribution in [0.3, 0.4) is 0 Å². The second-order valence-corrected chi connectivity index (χ2v) is 6.87. The number of halogens is 2. The second-order valence-electron chi connectivity index (χ2n) is 6.43. The molecule has 3 aromatic rings. The van der Waals surface area contributed by atoms with E-state index in [9.17, 15) is 9.18 Å². The minimum atomic E-state index is -0.306. The minimum absolute atomic E-state index is 0.130. The highest BCUT2D eigenvalue weighted by Gasteiger charge is 2.24. The standard InChI is InChI=1S/C21H18ClFN2O2/c22-16-2-1-3-18(14-16)24-10-12-25(13-11-24)21(26)20-9-8-19(27-20)15-4-6-17(23)7-5-15/h1-9,14H,10-13H2. The Morgan fingerprint density at radius 2 is 1.70 bits per heavy atom. The van der Waals surface area contributed by atoms with Gasteiger partial charge in [0, 0.05) is 42.5 Å². The molecule has 0 radical (unpaired) electrons. The van der Waals surface area contributed by atoms with Crippen LogP contribution in [0.4, 0.5) is 10.1 Å². The topological polar surface area (TPSA) is 36.7 Å². The molecule has 0 aliphatic carbocycles. The lowest BCUT2D eigenvalue weighted by atomic mass is 10.2. The molecule has 6 heteroatoms. The normalized spacial score (nSPS) is 14.4. The van der Waals surface area contributed by atoms with Crippen LogP contribution >= 0.6 is 11.6 Å². The summed E-state index contributed by atoms with van der Waals surface area (Å²) in [7, 11) is 0. The number of anilines is 1. The molecule has 0 N–H and O–H groups in total. The van der Waals surface area contributed by atoms with E-state index in [2.05, 4.69) is 4.90 Å². The van der Waals surface area contributed by atoms with E-state index in [1.807, 2.05) is 24.3 Å². The van der Waals surface area contributed by atoms with E-state index >= 15 is 0 Å². The molecule has 1 aliphatic heterocycles. The largest absolute Gasteiger partial charge is 0.451 e. The number of rotatable bonds is 3. The fraction of sp³-hybridized carbons (Fsp3) is 0.190. The molecular formula is C21H18ClFN2O2. The lowest BCUT2D eigenvalue weighted by Crippen LogP contribution is -2.48. The van der Waals surface area contributed by atoms with Crippen LogP contribution in [-0.4, -0.2) is 37.0 Å². The highest BCUT2D eigenvalue weighted by molar-refractivity contribution is 6.30. The number of furan rings is 1. The van der Waals surface area contributed by atoms with E-state index in [-0.39, 0.29) is 11.7 Å². The molecule has 138 valence electrons. The van der Waals surface area contributed by atoms with Gasteiger partial charge in [0.05, 0.1) is 0 Å². The molecule has 0 spiro atoms. The third kappa shape index (κ3) is 3.83. The van der Waals surface area contributed by atoms with Crippen molar-refractivity contribution in [1.29, 1.82) is 0 Å². The van der Waals surface area contributed by atoms with Gasteiger partial charge in [0.2, 0.25) is 0 Å². The van der Waals surface area contributed by atoms with Crippen molar-refractivity contribution in [2.75, 3.05) is 31.1 Å². The summed E-state index contributed by atoms with van der Waals surface area (Å²) in [5, 5.41) is 0.704. The molecule has 0 saturated carbocycles. The van der Waals surface area contributed by atoms with Crippen molar-refractivity contribution in [3.8, 4) is 11.3 Å². The fourth-order valence-electron chi connectivity index (χ4n) is 3.22. The number of benzene rings is 2. The number of hydrogen-bond donors (Lipinski definition) is 0. The number of piperazine rings is 1. The Hall–Kier alpha value is -2.79. The highest BCUT2D eigenvalue weighted by atomic mass is 35.5. The summed E-state index contributed by atoms with van der Waals surface area (Å²) in [4.78, 5) is 16.7. The number of amides is 1. The van der Waals surface area contributed by atoms with Gasteiger partial charge in [-0.1, -0.05) is 17.7 Å². The third-order valence-electron chi connectivity index (χ3n) is 4.69. The van der Waals surface area contributed by atoms with E-state index in [1.54, 1.807) is 29.2 Å². The van der Waals surface area contributed by atoms with Crippen molar-refractivity contribution in [3.63, 3.8) is 0 Å². The summed E-state index contributed by atoms with van der Waals surface area (Å²) in [5.74, 6) is 0.412. The Morgan fingerprint density at radius 1 is 0.963 bits per heavy atom. The number of nitrogens with zero attached hydrogens (tertiary/aromatic N) is 2. The van der Waals surface area contributed by atoms with E-state index in [4.69, 9.17) is 16.0 Å². The molecular weight excluding hydrogens is 367 g/mol. The predicted molar refractivity (Wildman–Crippen MR) is 104 cm³/mol. The maximum Gasteiger partial charge on any atom is 0.289 e. The average Bonchev–Trinajstić information content (AvgIpc) is 3.18. The maximum absolute atomic E-state index is 13.1. The number of carbonyl (C=O) groups is 1. The van der Waals surface area contributed by atoms with Gasteiger partial charge in [-0.25, -0.2) is 4.39 Å². The molecule has 2 heterocycles. The Morgan fingerprint density at radius 3 is 2.41 bits per heavy atom. The average molecular weight is 385 g/mol. The first-order chi connectivity index (χ1) is 13.1. The Balaban J connectivity index is 1.42. The third-order valence-corrected chi connectivity index (χ3v) is 4.92. The first-order valence-electron chi connectivity index (χ1n) is 8.76. The summed E-state index contributed by atoms with van der Waals surface area (Å²) >= 11 is 6.06. The van der Waals surface area contributed by atoms with Crippen LogP contribution in [0.1, 0.15) is 10.6 Å². The van der Waals surface area contributed by atoms with Gasteiger partial charge in [-0.05, 0) is 54.6 Å². The number of carbonyl (C=O) groups excluding carboxylic acids is 1. The van der Waals surface area contributed by atoms with Crippen LogP contribution in [0.5, 0.6) is 0 Å². The van der Waals surface area contributed by atoms with Crippen molar-refractivity contribution in [2.24, 2.45) is 0 Å². The van der Waals surface area contributed by atoms with Crippen molar-refractivity contribution < 1.29 is 13.6 Å². The summed E-state index contributed by atoms with van der Waals surface area (Å²) in [6.07, 6.45) is 0. The minimum Gasteiger partial charge on any atom is -0.451 e. The van der Waals surface area contributed by atoms with E-state index in [0.717, 1.165) is 24.3 Å². The predicted octanol–water partition coefficient (Wildman–Crippen LogP) is 4.70. The summed E-state index contributed by atoms with van der Waals surface area (Å²) in [6.45, 7) is 2.69. The highest BCUT2D eigenvalue weighted by Crippen LogP contribution is 2.24. The SMILES string of the molecule is O=C(c1ccc(-c2ccc(F)cc2)o1)N1CCN(c2cccc(Cl)c2)CC1. The molecule has 1 aliphatic rings. The van der Waals surface area contributed by atoms with Crippen molar-refractivity contribution >= 4 is 23.2 Å². The Bertz CT molecular complexity index is 947. The lowest BCUT2D eigenvalue weighted by molar-refractivity contribution is 0.0715. The van der Waals surface area contributed by atoms with Crippen molar-refractivity contribution in [2.45, 2.75) is 0 Å². The first kappa shape index (κ1) is 17.6. The summed E-state index contributed by atoms with van der Waals surface area (Å²) < 4.78 is 18.8. The molecule has 2 aromatic carbocycles. The molecule has 1 aromatic heterocycles. The molecule has 0 unspecified atom stereocenters. The first-order valence-corrected chi connectivity index (χ1v) is 9.13. The van der Waals surface area contributed by atoms with Crippen LogP contribution in [0.2, 0.25) is 5.02 Å². The van der Waals surface area contributed by atoms with Crippen LogP contribution in [0.25, 0.3) is 11.3 Å². The van der Waals surface area contributed by atoms with Crippen LogP contribution < -0.4 is 4.90 Å². The van der Waals surface area contributed by atoms with Gasteiger partial charge in [0.25, 0.3) is 5.91 Å². The molecule has 1 saturated heterocycles. The maximum atomic E-state index is 13.1. The molecule has 0 bridgehead atoms. The van der Waals surface area contributed by atoms with Crippen LogP contribution in [-0.2, 0) is 0 Å². The molecule has 27 heavy (non-hydrogen) atoms. The zero-order valence-corrected chi connectivity index (χ0v) is 15.3. The summed E-state index contributed by atoms with van der Waals surface area (Å²) in [5.41, 5.74) is 1.80. The van der Waals surface area contributed by atoms with Crippen molar-refractivity contribution in [1.82, 2.24) is 4.90 Å². The van der Waals surface area contributed by atoms with Gasteiger partial charge < -0.3 is 14.2 Å². The smallest absolute Gasteiger partial charge is 0.289 e. The van der Waals surface area contributed by atoms with Gasteiger partial charge in [-0.15, -0.1) is 0 Å². The second kappa shape index (κ2) is 7.45. The van der Waals surface area contributed by atoms with Gasteiger partial charge in [-0.3, -0.25) is 4.79 Å². The number of hydrogen-bond acceptors (Lipinski definition) is 3. The van der Waals surface area contributed by atoms with Gasteiger partial charge in [0.1, 0.15) is 11.6 Å². The van der Waals surface area contributed by atoms with Gasteiger partial charge in [-0.2, -0.15) is 0 Å². The monoisotopic (exact) mass is 384 g/mol. The van der Waals surface area contributed by atoms with Crippen molar-refractivity contribution in [3.05, 3.63) is 77.3 Å². The molecule has 1 amide bonds. The van der Waals surface area contributed by atoms with E-state index < -0.39 is 0 Å². The van der Waals surface area contributed by atoms with Crippen LogP contribution in [0, 0.1) is 5.82 Å². The van der Waals surface area contributed by atoms with E-state index in [1.165, 1.54) is 12.1 Å². The zero-order chi connectivity index (χ0) is 18.8. The zero-order valence-electron chi connectivity index (χ0n) is 14.6. The van der Waals surface area contributed by atoms with Crippen LogP contribution in [0.15, 0.2) is 65.1 Å². The van der Waals surface area contributed by atoms with Gasteiger partial charge in [0.15, 0.2) is 5.76 Å². The Labute approximate surface area is 161 Å². The molecule has 4 nitrogen and oxygen atoms in total.